The number of nitrogen functional groups attached to an aromatic ring is 1. The Balaban J connectivity index is 1.60. The van der Waals surface area contributed by atoms with Gasteiger partial charge in [0.05, 0.1) is 23.2 Å². The Morgan fingerprint density at radius 3 is 2.41 bits per heavy atom. The van der Waals surface area contributed by atoms with Gasteiger partial charge >= 0.3 is 6.18 Å². The topological polar surface area (TPSA) is 109 Å². The van der Waals surface area contributed by atoms with Gasteiger partial charge in [-0.3, -0.25) is 4.40 Å². The highest BCUT2D eigenvalue weighted by atomic mass is 19.4. The van der Waals surface area contributed by atoms with Crippen LogP contribution in [0.1, 0.15) is 29.2 Å². The summed E-state index contributed by atoms with van der Waals surface area (Å²) >= 11 is 0. The number of alkyl halides is 3. The molecule has 0 amide bonds. The molecule has 5 rings (SSSR count). The second-order valence-corrected chi connectivity index (χ2v) is 8.57. The second-order valence-electron chi connectivity index (χ2n) is 8.57. The van der Waals surface area contributed by atoms with Gasteiger partial charge in [0.1, 0.15) is 35.7 Å². The van der Waals surface area contributed by atoms with Crippen molar-refractivity contribution in [2.24, 2.45) is 0 Å². The summed E-state index contributed by atoms with van der Waals surface area (Å²) in [6.07, 6.45) is -4.46. The first-order valence-electron chi connectivity index (χ1n) is 11.9. The van der Waals surface area contributed by atoms with Crippen LogP contribution in [0.2, 0.25) is 0 Å². The van der Waals surface area contributed by atoms with Crippen molar-refractivity contribution < 1.29 is 22.6 Å². The number of aromatic nitrogens is 2. The summed E-state index contributed by atoms with van der Waals surface area (Å²) in [6, 6.07) is 21.2. The van der Waals surface area contributed by atoms with Crippen molar-refractivity contribution in [3.05, 3.63) is 89.0 Å². The summed E-state index contributed by atoms with van der Waals surface area (Å²) in [5, 5.41) is 20.2. The smallest absolute Gasteiger partial charge is 0.416 e. The maximum absolute atomic E-state index is 13.1. The number of hydrogen-bond acceptors (Lipinski definition) is 6. The summed E-state index contributed by atoms with van der Waals surface area (Å²) in [7, 11) is 0. The van der Waals surface area contributed by atoms with E-state index < -0.39 is 11.7 Å². The van der Waals surface area contributed by atoms with Gasteiger partial charge in [-0.05, 0) is 54.4 Å². The molecule has 7 nitrogen and oxygen atoms in total. The third-order valence-corrected chi connectivity index (χ3v) is 6.19. The van der Waals surface area contributed by atoms with Crippen molar-refractivity contribution in [1.29, 1.82) is 10.5 Å². The molecule has 2 N–H and O–H groups in total. The second kappa shape index (κ2) is 9.92. The number of anilines is 1. The zero-order chi connectivity index (χ0) is 27.7. The Morgan fingerprint density at radius 1 is 0.923 bits per heavy atom. The van der Waals surface area contributed by atoms with Crippen molar-refractivity contribution in [1.82, 2.24) is 9.38 Å². The van der Waals surface area contributed by atoms with Crippen LogP contribution < -0.4 is 15.2 Å². The Morgan fingerprint density at radius 2 is 1.69 bits per heavy atom. The van der Waals surface area contributed by atoms with Crippen LogP contribution in [-0.2, 0) is 12.8 Å². The molecule has 2 aromatic heterocycles. The normalized spacial score (nSPS) is 11.3. The molecule has 0 unspecified atom stereocenters. The van der Waals surface area contributed by atoms with Gasteiger partial charge in [0.25, 0.3) is 0 Å². The van der Waals surface area contributed by atoms with Crippen molar-refractivity contribution in [2.45, 2.75) is 19.7 Å². The molecule has 0 bridgehead atoms. The molecule has 3 aromatic carbocycles. The largest absolute Gasteiger partial charge is 0.490 e. The van der Waals surface area contributed by atoms with E-state index in [2.05, 4.69) is 17.1 Å². The van der Waals surface area contributed by atoms with Gasteiger partial charge in [-0.2, -0.15) is 23.7 Å². The molecular weight excluding hydrogens is 507 g/mol. The highest BCUT2D eigenvalue weighted by molar-refractivity contribution is 5.93. The predicted molar refractivity (Wildman–Crippen MR) is 139 cm³/mol. The number of pyridine rings is 1. The van der Waals surface area contributed by atoms with Crippen LogP contribution in [0.3, 0.4) is 0 Å². The van der Waals surface area contributed by atoms with Crippen molar-refractivity contribution in [3.8, 4) is 34.8 Å². The summed E-state index contributed by atoms with van der Waals surface area (Å²) in [5.41, 5.74) is 8.63. The third kappa shape index (κ3) is 4.53. The fraction of sp³-hybridized carbons (Fsp3) is 0.138. The predicted octanol–water partition coefficient (Wildman–Crippen LogP) is 6.48. The standard InChI is InChI=1S/C29H20F3N5O2/c1-2-38-25-13-18(10-11-24(25)39-16-17-6-5-7-19(12-17)29(30,31)32)26-20(14-33)27(35)37-23-9-4-3-8-22(23)36-28(37)21(26)15-34/h3-13H,2,16,35H2,1H3. The lowest BCUT2D eigenvalue weighted by atomic mass is 9.96. The number of ether oxygens (including phenoxy) is 2. The van der Waals surface area contributed by atoms with Crippen LogP contribution in [-0.4, -0.2) is 16.0 Å². The Hall–Kier alpha value is -5.22. The van der Waals surface area contributed by atoms with Gasteiger partial charge in [0, 0.05) is 5.56 Å². The third-order valence-electron chi connectivity index (χ3n) is 6.19. The minimum absolute atomic E-state index is 0.0993. The number of nitrogens with two attached hydrogens (primary N) is 1. The van der Waals surface area contributed by atoms with E-state index >= 15 is 0 Å². The Bertz CT molecular complexity index is 1810. The molecule has 0 fully saturated rings. The molecule has 194 valence electrons. The number of nitrogens with zero attached hydrogens (tertiary/aromatic N) is 4. The first-order chi connectivity index (χ1) is 18.8. The number of imidazole rings is 1. The van der Waals surface area contributed by atoms with Gasteiger partial charge in [0.2, 0.25) is 0 Å². The van der Waals surface area contributed by atoms with Crippen molar-refractivity contribution in [3.63, 3.8) is 0 Å². The summed E-state index contributed by atoms with van der Waals surface area (Å²) < 4.78 is 52.4. The van der Waals surface area contributed by atoms with Crippen LogP contribution in [0, 0.1) is 22.7 Å². The Labute approximate surface area is 221 Å². The zero-order valence-corrected chi connectivity index (χ0v) is 20.6. The quantitative estimate of drug-likeness (QED) is 0.271. The Kier molecular flexibility index (Phi) is 6.47. The number of halogens is 3. The highest BCUT2D eigenvalue weighted by Gasteiger charge is 2.30. The number of rotatable bonds is 6. The molecule has 0 aliphatic rings. The average Bonchev–Trinajstić information content (AvgIpc) is 3.32. The molecule has 0 saturated heterocycles. The number of hydrogen-bond donors (Lipinski definition) is 1. The number of para-hydroxylation sites is 2. The fourth-order valence-electron chi connectivity index (χ4n) is 4.47. The maximum Gasteiger partial charge on any atom is 0.416 e. The van der Waals surface area contributed by atoms with E-state index in [1.807, 2.05) is 12.1 Å². The molecule has 2 heterocycles. The van der Waals surface area contributed by atoms with Crippen LogP contribution >= 0.6 is 0 Å². The minimum Gasteiger partial charge on any atom is -0.490 e. The van der Waals surface area contributed by atoms with E-state index in [1.165, 1.54) is 12.1 Å². The zero-order valence-electron chi connectivity index (χ0n) is 20.6. The van der Waals surface area contributed by atoms with Crippen LogP contribution in [0.25, 0.3) is 27.8 Å². The van der Waals surface area contributed by atoms with Crippen molar-refractivity contribution in [2.75, 3.05) is 12.3 Å². The van der Waals surface area contributed by atoms with Gasteiger partial charge in [0.15, 0.2) is 17.1 Å². The molecule has 0 aliphatic heterocycles. The molecule has 0 spiro atoms. The molecule has 0 saturated carbocycles. The van der Waals surface area contributed by atoms with Gasteiger partial charge in [-0.25, -0.2) is 4.98 Å². The van der Waals surface area contributed by atoms with E-state index in [-0.39, 0.29) is 35.9 Å². The fourth-order valence-corrected chi connectivity index (χ4v) is 4.47. The first-order valence-corrected chi connectivity index (χ1v) is 11.9. The summed E-state index contributed by atoms with van der Waals surface area (Å²) in [5.74, 6) is 0.718. The lowest BCUT2D eigenvalue weighted by Crippen LogP contribution is -2.07. The number of nitriles is 2. The first kappa shape index (κ1) is 25.4. The highest BCUT2D eigenvalue weighted by Crippen LogP contribution is 2.40. The molecule has 0 atom stereocenters. The summed E-state index contributed by atoms with van der Waals surface area (Å²) in [6.45, 7) is 1.91. The van der Waals surface area contributed by atoms with Crippen LogP contribution in [0.5, 0.6) is 11.5 Å². The number of benzene rings is 3. The SMILES string of the molecule is CCOc1cc(-c2c(C#N)c(N)n3c(nc4ccccc43)c2C#N)ccc1OCc1cccc(C(F)(F)F)c1. The molecule has 39 heavy (non-hydrogen) atoms. The minimum atomic E-state index is -4.46. The van der Waals surface area contributed by atoms with Crippen LogP contribution in [0.4, 0.5) is 19.0 Å². The molecule has 0 radical (unpaired) electrons. The van der Waals surface area contributed by atoms with E-state index in [0.717, 1.165) is 12.1 Å². The molecule has 0 aliphatic carbocycles. The van der Waals surface area contributed by atoms with E-state index in [0.29, 0.717) is 39.1 Å². The lowest BCUT2D eigenvalue weighted by Gasteiger charge is -2.16. The molecule has 10 heteroatoms. The van der Waals surface area contributed by atoms with E-state index in [1.54, 1.807) is 41.7 Å². The molecule has 5 aromatic rings. The van der Waals surface area contributed by atoms with Crippen LogP contribution in [0.15, 0.2) is 66.7 Å². The number of fused-ring (bicyclic) bond motifs is 3. The van der Waals surface area contributed by atoms with Gasteiger partial charge in [-0.1, -0.05) is 30.3 Å². The van der Waals surface area contributed by atoms with Crippen molar-refractivity contribution >= 4 is 22.5 Å². The average molecular weight is 528 g/mol. The monoisotopic (exact) mass is 527 g/mol. The lowest BCUT2D eigenvalue weighted by molar-refractivity contribution is -0.137. The van der Waals surface area contributed by atoms with Gasteiger partial charge < -0.3 is 15.2 Å². The maximum atomic E-state index is 13.1. The van der Waals surface area contributed by atoms with E-state index in [4.69, 9.17) is 15.2 Å². The molecular formula is C29H20F3N5O2. The van der Waals surface area contributed by atoms with Gasteiger partial charge in [-0.15, -0.1) is 0 Å². The van der Waals surface area contributed by atoms with E-state index in [9.17, 15) is 23.7 Å². The summed E-state index contributed by atoms with van der Waals surface area (Å²) in [4.78, 5) is 4.59.